The van der Waals surface area contributed by atoms with Gasteiger partial charge in [0.1, 0.15) is 5.82 Å². The summed E-state index contributed by atoms with van der Waals surface area (Å²) in [5.41, 5.74) is 0.399. The molecule has 4 nitrogen and oxygen atoms in total. The highest BCUT2D eigenvalue weighted by atomic mass is 79.9. The molecule has 1 amide bonds. The van der Waals surface area contributed by atoms with Crippen molar-refractivity contribution in [3.8, 4) is 0 Å². The van der Waals surface area contributed by atoms with Crippen LogP contribution in [0, 0.1) is 5.82 Å². The molecule has 0 atom stereocenters. The first-order chi connectivity index (χ1) is 12.1. The lowest BCUT2D eigenvalue weighted by Gasteiger charge is -2.33. The van der Waals surface area contributed by atoms with E-state index in [0.29, 0.717) is 12.1 Å². The molecule has 0 aliphatic carbocycles. The molecule has 25 heavy (non-hydrogen) atoms. The fraction of sp³-hybridized carbons (Fsp3) is 0.526. The minimum Gasteiger partial charge on any atom is -0.353 e. The van der Waals surface area contributed by atoms with Crippen LogP contribution >= 0.6 is 15.9 Å². The maximum atomic E-state index is 13.6. The zero-order valence-electron chi connectivity index (χ0n) is 14.8. The molecule has 1 N–H and O–H groups in total. The monoisotopic (exact) mass is 411 g/mol. The first kappa shape index (κ1) is 20.1. The number of rotatable bonds is 8. The zero-order valence-corrected chi connectivity index (χ0v) is 16.4. The van der Waals surface area contributed by atoms with Crippen LogP contribution in [0.3, 0.4) is 0 Å². The third kappa shape index (κ3) is 7.26. The number of unbranched alkanes of at least 4 members (excludes halogenated alkanes) is 1. The molecule has 138 valence electrons. The molecule has 1 aromatic carbocycles. The minimum absolute atomic E-state index is 0.184. The second kappa shape index (κ2) is 10.7. The van der Waals surface area contributed by atoms with E-state index < -0.39 is 0 Å². The molecule has 0 bridgehead atoms. The SMILES string of the molecule is CCN1CCN(CCCCNC(=O)/C=C/c2cc(Br)ccc2F)CC1. The predicted molar refractivity (Wildman–Crippen MR) is 104 cm³/mol. The number of likely N-dealkylation sites (N-methyl/N-ethyl adjacent to an activating group) is 1. The molecule has 2 rings (SSSR count). The number of halogens is 2. The number of carbonyl (C=O) groups is 1. The van der Waals surface area contributed by atoms with Crippen molar-refractivity contribution >= 4 is 27.9 Å². The number of hydrogen-bond donors (Lipinski definition) is 1. The summed E-state index contributed by atoms with van der Waals surface area (Å²) in [7, 11) is 0. The molecule has 1 aromatic rings. The fourth-order valence-electron chi connectivity index (χ4n) is 2.87. The third-order valence-corrected chi connectivity index (χ3v) is 4.98. The van der Waals surface area contributed by atoms with Crippen LogP contribution in [-0.2, 0) is 4.79 Å². The van der Waals surface area contributed by atoms with Gasteiger partial charge >= 0.3 is 0 Å². The summed E-state index contributed by atoms with van der Waals surface area (Å²) in [6.07, 6.45) is 4.92. The molecular weight excluding hydrogens is 385 g/mol. The van der Waals surface area contributed by atoms with Crippen LogP contribution in [0.25, 0.3) is 6.08 Å². The second-order valence-corrected chi connectivity index (χ2v) is 7.19. The lowest BCUT2D eigenvalue weighted by molar-refractivity contribution is -0.116. The Kier molecular flexibility index (Phi) is 8.58. The maximum absolute atomic E-state index is 13.6. The van der Waals surface area contributed by atoms with Crippen LogP contribution in [0.4, 0.5) is 4.39 Å². The number of amides is 1. The average Bonchev–Trinajstić information content (AvgIpc) is 2.62. The van der Waals surface area contributed by atoms with Gasteiger partial charge in [0.2, 0.25) is 5.91 Å². The van der Waals surface area contributed by atoms with Gasteiger partial charge in [0.05, 0.1) is 0 Å². The molecular formula is C19H27BrFN3O. The summed E-state index contributed by atoms with van der Waals surface area (Å²) >= 11 is 3.29. The van der Waals surface area contributed by atoms with Crippen molar-refractivity contribution < 1.29 is 9.18 Å². The van der Waals surface area contributed by atoms with Gasteiger partial charge in [-0.05, 0) is 50.2 Å². The minimum atomic E-state index is -0.338. The van der Waals surface area contributed by atoms with Gasteiger partial charge in [0.25, 0.3) is 0 Å². The van der Waals surface area contributed by atoms with Crippen LogP contribution < -0.4 is 5.32 Å². The van der Waals surface area contributed by atoms with E-state index in [4.69, 9.17) is 0 Å². The van der Waals surface area contributed by atoms with Crippen LogP contribution in [0.2, 0.25) is 0 Å². The second-order valence-electron chi connectivity index (χ2n) is 6.27. The Balaban J connectivity index is 1.59. The third-order valence-electron chi connectivity index (χ3n) is 4.48. The van der Waals surface area contributed by atoms with Crippen LogP contribution in [-0.4, -0.2) is 61.5 Å². The highest BCUT2D eigenvalue weighted by Gasteiger charge is 2.14. The fourth-order valence-corrected chi connectivity index (χ4v) is 3.25. The molecule has 0 aromatic heterocycles. The van der Waals surface area contributed by atoms with Crippen molar-refractivity contribution in [1.29, 1.82) is 0 Å². The number of carbonyl (C=O) groups excluding carboxylic acids is 1. The van der Waals surface area contributed by atoms with E-state index in [0.717, 1.165) is 56.6 Å². The normalized spacial score (nSPS) is 16.4. The van der Waals surface area contributed by atoms with Gasteiger partial charge in [-0.1, -0.05) is 22.9 Å². The molecule has 1 fully saturated rings. The first-order valence-corrected chi connectivity index (χ1v) is 9.73. The van der Waals surface area contributed by atoms with Crippen molar-refractivity contribution in [2.45, 2.75) is 19.8 Å². The maximum Gasteiger partial charge on any atom is 0.244 e. The van der Waals surface area contributed by atoms with Crippen molar-refractivity contribution in [2.24, 2.45) is 0 Å². The van der Waals surface area contributed by atoms with E-state index in [2.05, 4.69) is 38.0 Å². The van der Waals surface area contributed by atoms with Crippen molar-refractivity contribution in [1.82, 2.24) is 15.1 Å². The summed E-state index contributed by atoms with van der Waals surface area (Å²) < 4.78 is 14.4. The molecule has 0 saturated carbocycles. The summed E-state index contributed by atoms with van der Waals surface area (Å²) in [5.74, 6) is -0.522. The van der Waals surface area contributed by atoms with E-state index >= 15 is 0 Å². The van der Waals surface area contributed by atoms with E-state index in [1.54, 1.807) is 12.1 Å². The highest BCUT2D eigenvalue weighted by molar-refractivity contribution is 9.10. The van der Waals surface area contributed by atoms with Crippen molar-refractivity contribution in [2.75, 3.05) is 45.8 Å². The largest absolute Gasteiger partial charge is 0.353 e. The summed E-state index contributed by atoms with van der Waals surface area (Å²) in [4.78, 5) is 16.8. The molecule has 0 spiro atoms. The van der Waals surface area contributed by atoms with Gasteiger partial charge in [-0.25, -0.2) is 4.39 Å². The Hall–Kier alpha value is -1.24. The van der Waals surface area contributed by atoms with Gasteiger partial charge in [-0.3, -0.25) is 4.79 Å². The van der Waals surface area contributed by atoms with Crippen LogP contribution in [0.15, 0.2) is 28.7 Å². The molecule has 1 aliphatic rings. The first-order valence-electron chi connectivity index (χ1n) is 8.94. The Labute approximate surface area is 158 Å². The van der Waals surface area contributed by atoms with Gasteiger partial charge < -0.3 is 15.1 Å². The molecule has 0 radical (unpaired) electrons. The molecule has 0 unspecified atom stereocenters. The Morgan fingerprint density at radius 1 is 1.24 bits per heavy atom. The summed E-state index contributed by atoms with van der Waals surface area (Å²) in [6.45, 7) is 9.68. The number of piperazine rings is 1. The van der Waals surface area contributed by atoms with Crippen LogP contribution in [0.1, 0.15) is 25.3 Å². The van der Waals surface area contributed by atoms with Crippen molar-refractivity contribution in [3.05, 3.63) is 40.1 Å². The van der Waals surface area contributed by atoms with Gasteiger partial charge in [0.15, 0.2) is 0 Å². The van der Waals surface area contributed by atoms with E-state index in [-0.39, 0.29) is 11.7 Å². The Morgan fingerprint density at radius 3 is 2.68 bits per heavy atom. The molecule has 1 aliphatic heterocycles. The lowest BCUT2D eigenvalue weighted by atomic mass is 10.2. The molecule has 1 saturated heterocycles. The molecule has 1 heterocycles. The Morgan fingerprint density at radius 2 is 1.96 bits per heavy atom. The predicted octanol–water partition coefficient (Wildman–Crippen LogP) is 3.14. The zero-order chi connectivity index (χ0) is 18.1. The summed E-state index contributed by atoms with van der Waals surface area (Å²) in [6, 6.07) is 4.66. The number of benzene rings is 1. The smallest absolute Gasteiger partial charge is 0.244 e. The molecule has 6 heteroatoms. The number of nitrogens with one attached hydrogen (secondary N) is 1. The van der Waals surface area contributed by atoms with Crippen molar-refractivity contribution in [3.63, 3.8) is 0 Å². The van der Waals surface area contributed by atoms with E-state index in [9.17, 15) is 9.18 Å². The summed E-state index contributed by atoms with van der Waals surface area (Å²) in [5, 5.41) is 2.85. The topological polar surface area (TPSA) is 35.6 Å². The van der Waals surface area contributed by atoms with Gasteiger partial charge in [-0.15, -0.1) is 0 Å². The van der Waals surface area contributed by atoms with Crippen LogP contribution in [0.5, 0.6) is 0 Å². The quantitative estimate of drug-likeness (QED) is 0.527. The van der Waals surface area contributed by atoms with Gasteiger partial charge in [0, 0.05) is 48.8 Å². The lowest BCUT2D eigenvalue weighted by Crippen LogP contribution is -2.46. The number of hydrogen-bond acceptors (Lipinski definition) is 3. The number of nitrogens with zero attached hydrogens (tertiary/aromatic N) is 2. The highest BCUT2D eigenvalue weighted by Crippen LogP contribution is 2.16. The van der Waals surface area contributed by atoms with E-state index in [1.807, 2.05) is 0 Å². The van der Waals surface area contributed by atoms with E-state index in [1.165, 1.54) is 18.2 Å². The van der Waals surface area contributed by atoms with Gasteiger partial charge in [-0.2, -0.15) is 0 Å². The standard InChI is InChI=1S/C19H27BrFN3O/c1-2-23-11-13-24(14-12-23)10-4-3-9-22-19(25)8-5-16-15-17(20)6-7-18(16)21/h5-8,15H,2-4,9-14H2,1H3,(H,22,25)/b8-5+. The Bertz CT molecular complexity index is 586. The average molecular weight is 412 g/mol.